The summed E-state index contributed by atoms with van der Waals surface area (Å²) in [6, 6.07) is 10.8. The van der Waals surface area contributed by atoms with Gasteiger partial charge in [-0.2, -0.15) is 0 Å². The van der Waals surface area contributed by atoms with Crippen molar-refractivity contribution in [2.75, 3.05) is 34.8 Å². The van der Waals surface area contributed by atoms with Crippen LogP contribution in [-0.4, -0.2) is 50.7 Å². The Labute approximate surface area is 170 Å². The van der Waals surface area contributed by atoms with Crippen molar-refractivity contribution in [3.63, 3.8) is 0 Å². The summed E-state index contributed by atoms with van der Waals surface area (Å²) in [4.78, 5) is 15.0. The fourth-order valence-electron chi connectivity index (χ4n) is 2.53. The molecule has 0 radical (unpaired) electrons. The molecule has 1 atom stereocenters. The fourth-order valence-corrected chi connectivity index (χ4v) is 2.53. The highest BCUT2D eigenvalue weighted by molar-refractivity contribution is 5.85. The molecule has 154 valence electrons. The molecule has 1 amide bonds. The van der Waals surface area contributed by atoms with E-state index in [2.05, 4.69) is 0 Å². The van der Waals surface area contributed by atoms with Gasteiger partial charge in [0.05, 0.1) is 6.61 Å². The number of hydrogen-bond donors (Lipinski definition) is 0. The van der Waals surface area contributed by atoms with Crippen LogP contribution in [0.15, 0.2) is 42.5 Å². The van der Waals surface area contributed by atoms with Gasteiger partial charge in [-0.05, 0) is 43.9 Å². The molecule has 0 heterocycles. The van der Waals surface area contributed by atoms with Gasteiger partial charge in [-0.1, -0.05) is 12.1 Å². The molecule has 2 aromatic carbocycles. The van der Waals surface area contributed by atoms with Gasteiger partial charge in [0.1, 0.15) is 11.5 Å². The summed E-state index contributed by atoms with van der Waals surface area (Å²) in [6.45, 7) is 0.339. The van der Waals surface area contributed by atoms with E-state index < -0.39 is 17.7 Å². The summed E-state index contributed by atoms with van der Waals surface area (Å²) in [6.07, 6.45) is 0.204. The Balaban J connectivity index is 0.00000392. The van der Waals surface area contributed by atoms with E-state index in [9.17, 15) is 13.6 Å². The van der Waals surface area contributed by atoms with Crippen molar-refractivity contribution in [1.82, 2.24) is 9.80 Å². The number of ether oxygens (including phenoxy) is 2. The number of carbonyl (C=O) groups excluding carboxylic acids is 1. The summed E-state index contributed by atoms with van der Waals surface area (Å²) < 4.78 is 36.9. The molecule has 0 unspecified atom stereocenters. The molecular formula is C20H25ClF2N2O3. The Bertz CT molecular complexity index is 771. The molecule has 2 aromatic rings. The highest BCUT2D eigenvalue weighted by Gasteiger charge is 2.15. The highest BCUT2D eigenvalue weighted by atomic mass is 35.5. The van der Waals surface area contributed by atoms with Gasteiger partial charge in [0.2, 0.25) is 0 Å². The van der Waals surface area contributed by atoms with Gasteiger partial charge in [0.25, 0.3) is 0 Å². The smallest absolute Gasteiger partial charge is 0.414 e. The van der Waals surface area contributed by atoms with Crippen LogP contribution in [0.4, 0.5) is 13.6 Å². The van der Waals surface area contributed by atoms with E-state index in [1.165, 1.54) is 11.0 Å². The third-order valence-corrected chi connectivity index (χ3v) is 4.01. The van der Waals surface area contributed by atoms with E-state index >= 15 is 0 Å². The number of amides is 1. The minimum absolute atomic E-state index is 0. The Morgan fingerprint density at radius 3 is 2.11 bits per heavy atom. The summed E-state index contributed by atoms with van der Waals surface area (Å²) in [5.74, 6) is -1.08. The van der Waals surface area contributed by atoms with E-state index in [1.807, 2.05) is 31.1 Å². The highest BCUT2D eigenvalue weighted by Crippen LogP contribution is 2.25. The van der Waals surface area contributed by atoms with Crippen molar-refractivity contribution in [3.8, 4) is 11.5 Å². The Morgan fingerprint density at radius 1 is 0.964 bits per heavy atom. The van der Waals surface area contributed by atoms with Gasteiger partial charge in [0.15, 0.2) is 11.6 Å². The molecule has 0 saturated heterocycles. The monoisotopic (exact) mass is 414 g/mol. The first-order valence-corrected chi connectivity index (χ1v) is 8.51. The van der Waals surface area contributed by atoms with Gasteiger partial charge in [-0.15, -0.1) is 12.4 Å². The van der Waals surface area contributed by atoms with Crippen molar-refractivity contribution in [2.24, 2.45) is 0 Å². The maximum atomic E-state index is 13.2. The van der Waals surface area contributed by atoms with Crippen LogP contribution in [0.2, 0.25) is 0 Å². The van der Waals surface area contributed by atoms with Crippen molar-refractivity contribution in [1.29, 1.82) is 0 Å². The normalized spacial score (nSPS) is 11.5. The number of benzene rings is 2. The van der Waals surface area contributed by atoms with Crippen LogP contribution in [-0.2, 0) is 0 Å². The van der Waals surface area contributed by atoms with E-state index in [0.29, 0.717) is 18.8 Å². The summed E-state index contributed by atoms with van der Waals surface area (Å²) in [7, 11) is 7.13. The zero-order chi connectivity index (χ0) is 20.0. The van der Waals surface area contributed by atoms with Crippen LogP contribution < -0.4 is 9.47 Å². The SMILES string of the molecule is CN(C)C(=O)Oc1ccc([C@@H](CCOc2ccc(F)c(F)c2)N(C)C)cc1.Cl. The van der Waals surface area contributed by atoms with Gasteiger partial charge >= 0.3 is 6.09 Å². The molecule has 0 N–H and O–H groups in total. The third kappa shape index (κ3) is 6.65. The summed E-state index contributed by atoms with van der Waals surface area (Å²) >= 11 is 0. The second-order valence-corrected chi connectivity index (χ2v) is 6.52. The summed E-state index contributed by atoms with van der Waals surface area (Å²) in [5.41, 5.74) is 1.03. The lowest BCUT2D eigenvalue weighted by Crippen LogP contribution is -2.25. The standard InChI is InChI=1S/C20H24F2N2O3.ClH/c1-23(2)19(11-12-26-16-9-10-17(21)18(22)13-16)14-5-7-15(8-6-14)27-20(25)24(3)4;/h5-10,13,19H,11-12H2,1-4H3;1H/t19-;/m1./s1. The molecule has 0 aliphatic rings. The molecule has 0 saturated carbocycles. The first-order chi connectivity index (χ1) is 12.8. The van der Waals surface area contributed by atoms with Crippen molar-refractivity contribution >= 4 is 18.5 Å². The second kappa shape index (κ2) is 10.8. The quantitative estimate of drug-likeness (QED) is 0.668. The minimum Gasteiger partial charge on any atom is -0.493 e. The number of halogens is 3. The molecule has 0 spiro atoms. The van der Waals surface area contributed by atoms with E-state index in [1.54, 1.807) is 26.2 Å². The topological polar surface area (TPSA) is 42.0 Å². The largest absolute Gasteiger partial charge is 0.493 e. The predicted molar refractivity (Wildman–Crippen MR) is 106 cm³/mol. The molecule has 0 aliphatic heterocycles. The second-order valence-electron chi connectivity index (χ2n) is 6.52. The molecule has 28 heavy (non-hydrogen) atoms. The molecule has 2 rings (SSSR count). The molecule has 0 aromatic heterocycles. The van der Waals surface area contributed by atoms with E-state index in [4.69, 9.17) is 9.47 Å². The number of carbonyl (C=O) groups is 1. The van der Waals surface area contributed by atoms with Crippen LogP contribution in [0, 0.1) is 11.6 Å². The van der Waals surface area contributed by atoms with Crippen LogP contribution in [0.5, 0.6) is 11.5 Å². The van der Waals surface area contributed by atoms with Crippen molar-refractivity contribution in [2.45, 2.75) is 12.5 Å². The molecule has 0 bridgehead atoms. The van der Waals surface area contributed by atoms with E-state index in [-0.39, 0.29) is 24.2 Å². The minimum atomic E-state index is -0.931. The number of rotatable bonds is 7. The van der Waals surface area contributed by atoms with Crippen molar-refractivity contribution in [3.05, 3.63) is 59.7 Å². The first kappa shape index (κ1) is 23.7. The maximum absolute atomic E-state index is 13.2. The fraction of sp³-hybridized carbons (Fsp3) is 0.350. The first-order valence-electron chi connectivity index (χ1n) is 8.51. The lowest BCUT2D eigenvalue weighted by Gasteiger charge is -2.25. The zero-order valence-corrected chi connectivity index (χ0v) is 17.1. The molecule has 0 aliphatic carbocycles. The lowest BCUT2D eigenvalue weighted by atomic mass is 10.0. The average molecular weight is 415 g/mol. The van der Waals surface area contributed by atoms with E-state index in [0.717, 1.165) is 17.7 Å². The average Bonchev–Trinajstić information content (AvgIpc) is 2.62. The van der Waals surface area contributed by atoms with Crippen molar-refractivity contribution < 1.29 is 23.0 Å². The molecular weight excluding hydrogens is 390 g/mol. The number of hydrogen-bond acceptors (Lipinski definition) is 4. The Kier molecular flexibility index (Phi) is 9.15. The van der Waals surface area contributed by atoms with Crippen LogP contribution >= 0.6 is 12.4 Å². The molecule has 5 nitrogen and oxygen atoms in total. The zero-order valence-electron chi connectivity index (χ0n) is 16.3. The predicted octanol–water partition coefficient (Wildman–Crippen LogP) is 4.52. The van der Waals surface area contributed by atoms with Gasteiger partial charge in [0, 0.05) is 32.6 Å². The third-order valence-electron chi connectivity index (χ3n) is 4.01. The Morgan fingerprint density at radius 2 is 1.57 bits per heavy atom. The van der Waals surface area contributed by atoms with Gasteiger partial charge in [-0.3, -0.25) is 0 Å². The Hall–Kier alpha value is -2.38. The number of nitrogens with zero attached hydrogens (tertiary/aromatic N) is 2. The van der Waals surface area contributed by atoms with Crippen LogP contribution in [0.25, 0.3) is 0 Å². The summed E-state index contributed by atoms with van der Waals surface area (Å²) in [5, 5.41) is 0. The van der Waals surface area contributed by atoms with Crippen LogP contribution in [0.3, 0.4) is 0 Å². The van der Waals surface area contributed by atoms with Gasteiger partial charge < -0.3 is 19.3 Å². The molecule has 0 fully saturated rings. The van der Waals surface area contributed by atoms with Crippen LogP contribution in [0.1, 0.15) is 18.0 Å². The molecule has 8 heteroatoms. The van der Waals surface area contributed by atoms with Gasteiger partial charge in [-0.25, -0.2) is 13.6 Å². The maximum Gasteiger partial charge on any atom is 0.414 e. The lowest BCUT2D eigenvalue weighted by molar-refractivity contribution is 0.172.